The molecule has 0 radical (unpaired) electrons. The fraction of sp³-hybridized carbons (Fsp3) is 0.273. The van der Waals surface area contributed by atoms with E-state index < -0.39 is 11.9 Å². The summed E-state index contributed by atoms with van der Waals surface area (Å²) in [4.78, 5) is 35.8. The Kier molecular flexibility index (Phi) is 5.71. The van der Waals surface area contributed by atoms with Crippen molar-refractivity contribution in [2.45, 2.75) is 31.2 Å². The van der Waals surface area contributed by atoms with E-state index in [-0.39, 0.29) is 24.1 Å². The smallest absolute Gasteiger partial charge is 0.309 e. The Labute approximate surface area is 178 Å². The third kappa shape index (κ3) is 4.28. The number of likely N-dealkylation sites (N-methyl/N-ethyl adjacent to an activating group) is 1. The van der Waals surface area contributed by atoms with Crippen molar-refractivity contribution in [1.82, 2.24) is 25.5 Å². The van der Waals surface area contributed by atoms with Crippen molar-refractivity contribution < 1.29 is 14.0 Å². The Hall–Kier alpha value is -4.06. The maximum Gasteiger partial charge on any atom is 0.309 e. The highest BCUT2D eigenvalue weighted by molar-refractivity contribution is 6.01. The molecule has 0 aliphatic carbocycles. The van der Waals surface area contributed by atoms with Gasteiger partial charge in [0.05, 0.1) is 12.1 Å². The van der Waals surface area contributed by atoms with Crippen LogP contribution in [0.5, 0.6) is 0 Å². The summed E-state index contributed by atoms with van der Waals surface area (Å²) in [5, 5.41) is 10.5. The molecule has 156 valence electrons. The Bertz CT molecular complexity index is 1140. The molecule has 1 N–H and O–H groups in total. The summed E-state index contributed by atoms with van der Waals surface area (Å²) in [7, 11) is 1.60. The molecule has 1 aliphatic heterocycles. The Morgan fingerprint density at radius 2 is 2.03 bits per heavy atom. The zero-order valence-corrected chi connectivity index (χ0v) is 16.9. The van der Waals surface area contributed by atoms with Crippen molar-refractivity contribution in [3.63, 3.8) is 0 Å². The van der Waals surface area contributed by atoms with E-state index in [1.165, 1.54) is 11.1 Å². The van der Waals surface area contributed by atoms with Crippen LogP contribution in [0, 0.1) is 12.3 Å². The average Bonchev–Trinajstić information content (AvgIpc) is 3.23. The van der Waals surface area contributed by atoms with E-state index >= 15 is 0 Å². The first-order valence-corrected chi connectivity index (χ1v) is 9.76. The second kappa shape index (κ2) is 8.75. The number of rotatable bonds is 5. The molecular formula is C22H20N6O3. The number of nitrogens with one attached hydrogen (secondary N) is 1. The highest BCUT2D eigenvalue weighted by atomic mass is 16.4. The molecule has 0 fully saturated rings. The SMILES string of the molecule is C#CC[C@H]1C[C@@H](NC(=O)c2nnc(Cc3ccccc3)o2)C(=O)N(C)c2nccnc21. The first-order valence-electron chi connectivity index (χ1n) is 9.76. The van der Waals surface area contributed by atoms with E-state index in [0.717, 1.165) is 5.56 Å². The molecule has 0 saturated heterocycles. The molecule has 2 amide bonds. The third-order valence-corrected chi connectivity index (χ3v) is 5.09. The highest BCUT2D eigenvalue weighted by Gasteiger charge is 2.36. The lowest BCUT2D eigenvalue weighted by Gasteiger charge is -2.20. The Morgan fingerprint density at radius 1 is 1.26 bits per heavy atom. The number of fused-ring (bicyclic) bond motifs is 1. The monoisotopic (exact) mass is 416 g/mol. The number of terminal acetylenes is 1. The van der Waals surface area contributed by atoms with E-state index in [0.29, 0.717) is 30.2 Å². The van der Waals surface area contributed by atoms with Crippen molar-refractivity contribution in [3.05, 3.63) is 65.8 Å². The van der Waals surface area contributed by atoms with Crippen LogP contribution < -0.4 is 10.2 Å². The highest BCUT2D eigenvalue weighted by Crippen LogP contribution is 2.33. The summed E-state index contributed by atoms with van der Waals surface area (Å²) in [6.07, 6.45) is 9.66. The molecule has 0 saturated carbocycles. The number of carbonyl (C=O) groups is 2. The van der Waals surface area contributed by atoms with Crippen molar-refractivity contribution in [3.8, 4) is 12.3 Å². The molecule has 3 heterocycles. The number of hydrogen-bond acceptors (Lipinski definition) is 7. The van der Waals surface area contributed by atoms with Crippen LogP contribution >= 0.6 is 0 Å². The minimum Gasteiger partial charge on any atom is -0.417 e. The second-order valence-electron chi connectivity index (χ2n) is 7.19. The van der Waals surface area contributed by atoms with E-state index in [2.05, 4.69) is 31.4 Å². The summed E-state index contributed by atoms with van der Waals surface area (Å²) in [6, 6.07) is 8.73. The van der Waals surface area contributed by atoms with E-state index in [1.807, 2.05) is 30.3 Å². The number of carbonyl (C=O) groups excluding carboxylic acids is 2. The quantitative estimate of drug-likeness (QED) is 0.630. The molecule has 1 aromatic carbocycles. The molecule has 31 heavy (non-hydrogen) atoms. The number of nitrogens with zero attached hydrogens (tertiary/aromatic N) is 5. The predicted molar refractivity (Wildman–Crippen MR) is 111 cm³/mol. The largest absolute Gasteiger partial charge is 0.417 e. The number of amides is 2. The van der Waals surface area contributed by atoms with Crippen LogP contribution in [0.1, 0.15) is 46.6 Å². The van der Waals surface area contributed by atoms with Gasteiger partial charge in [-0.25, -0.2) is 4.98 Å². The van der Waals surface area contributed by atoms with Gasteiger partial charge in [0.1, 0.15) is 6.04 Å². The fourth-order valence-corrected chi connectivity index (χ4v) is 3.57. The first kappa shape index (κ1) is 20.2. The van der Waals surface area contributed by atoms with Gasteiger partial charge in [-0.2, -0.15) is 0 Å². The van der Waals surface area contributed by atoms with Gasteiger partial charge in [-0.1, -0.05) is 30.3 Å². The molecule has 0 unspecified atom stereocenters. The molecule has 1 aliphatic rings. The van der Waals surface area contributed by atoms with Gasteiger partial charge in [0.15, 0.2) is 5.82 Å². The minimum absolute atomic E-state index is 0.201. The minimum atomic E-state index is -0.837. The van der Waals surface area contributed by atoms with Gasteiger partial charge >= 0.3 is 11.8 Å². The van der Waals surface area contributed by atoms with Gasteiger partial charge in [-0.3, -0.25) is 19.5 Å². The number of anilines is 1. The molecular weight excluding hydrogens is 396 g/mol. The van der Waals surface area contributed by atoms with Gasteiger partial charge in [-0.15, -0.1) is 22.5 Å². The normalized spacial score (nSPS) is 18.1. The number of hydrogen-bond donors (Lipinski definition) is 1. The topological polar surface area (TPSA) is 114 Å². The van der Waals surface area contributed by atoms with E-state index in [1.54, 1.807) is 13.2 Å². The summed E-state index contributed by atoms with van der Waals surface area (Å²) in [5.74, 6) is 1.99. The fourth-order valence-electron chi connectivity index (χ4n) is 3.57. The Morgan fingerprint density at radius 3 is 2.81 bits per heavy atom. The zero-order chi connectivity index (χ0) is 21.8. The third-order valence-electron chi connectivity index (χ3n) is 5.09. The van der Waals surface area contributed by atoms with Crippen molar-refractivity contribution in [2.24, 2.45) is 0 Å². The van der Waals surface area contributed by atoms with Crippen LogP contribution in [-0.4, -0.2) is 45.1 Å². The molecule has 3 aromatic rings. The first-order chi connectivity index (χ1) is 15.1. The van der Waals surface area contributed by atoms with Crippen LogP contribution in [0.15, 0.2) is 47.1 Å². The number of benzene rings is 1. The van der Waals surface area contributed by atoms with Crippen molar-refractivity contribution >= 4 is 17.6 Å². The molecule has 0 spiro atoms. The van der Waals surface area contributed by atoms with Crippen LogP contribution in [0.25, 0.3) is 0 Å². The summed E-state index contributed by atoms with van der Waals surface area (Å²) in [6.45, 7) is 0. The van der Waals surface area contributed by atoms with Gasteiger partial charge < -0.3 is 9.73 Å². The average molecular weight is 416 g/mol. The van der Waals surface area contributed by atoms with E-state index in [9.17, 15) is 9.59 Å². The number of aromatic nitrogens is 4. The predicted octanol–water partition coefficient (Wildman–Crippen LogP) is 1.72. The zero-order valence-electron chi connectivity index (χ0n) is 16.9. The van der Waals surface area contributed by atoms with E-state index in [4.69, 9.17) is 10.8 Å². The Balaban J connectivity index is 1.51. The van der Waals surface area contributed by atoms with Gasteiger partial charge in [0, 0.05) is 31.8 Å². The van der Waals surface area contributed by atoms with Gasteiger partial charge in [0.25, 0.3) is 5.91 Å². The second-order valence-corrected chi connectivity index (χ2v) is 7.19. The van der Waals surface area contributed by atoms with Crippen LogP contribution in [0.4, 0.5) is 5.82 Å². The standard InChI is InChI=1S/C22H20N6O3/c1-3-7-15-13-16(22(30)28(2)19-18(15)23-10-11-24-19)25-20(29)21-27-26-17(31-21)12-14-8-5-4-6-9-14/h1,4-6,8-11,15-16H,7,12-13H2,2H3,(H,25,29)/t15-,16+/m0/s1. The summed E-state index contributed by atoms with van der Waals surface area (Å²) in [5.41, 5.74) is 1.62. The summed E-state index contributed by atoms with van der Waals surface area (Å²) < 4.78 is 5.50. The van der Waals surface area contributed by atoms with Gasteiger partial charge in [0.2, 0.25) is 5.89 Å². The van der Waals surface area contributed by atoms with Crippen LogP contribution in [0.2, 0.25) is 0 Å². The lowest BCUT2D eigenvalue weighted by Crippen LogP contribution is -2.47. The van der Waals surface area contributed by atoms with Gasteiger partial charge in [-0.05, 0) is 12.0 Å². The molecule has 9 nitrogen and oxygen atoms in total. The maximum atomic E-state index is 13.0. The molecule has 4 rings (SSSR count). The maximum absolute atomic E-state index is 13.0. The van der Waals surface area contributed by atoms with Crippen LogP contribution in [-0.2, 0) is 11.2 Å². The summed E-state index contributed by atoms with van der Waals surface area (Å²) >= 11 is 0. The molecule has 2 atom stereocenters. The van der Waals surface area contributed by atoms with Crippen LogP contribution in [0.3, 0.4) is 0 Å². The lowest BCUT2D eigenvalue weighted by atomic mass is 9.94. The molecule has 2 aromatic heterocycles. The lowest BCUT2D eigenvalue weighted by molar-refractivity contribution is -0.120. The van der Waals surface area contributed by atoms with Crippen molar-refractivity contribution in [1.29, 1.82) is 0 Å². The molecule has 9 heteroatoms. The molecule has 0 bridgehead atoms. The van der Waals surface area contributed by atoms with Crippen molar-refractivity contribution in [2.75, 3.05) is 11.9 Å².